The number of hydrogen-bond acceptors (Lipinski definition) is 4. The van der Waals surface area contributed by atoms with Crippen molar-refractivity contribution in [2.75, 3.05) is 26.8 Å². The Balaban J connectivity index is 1.62. The first kappa shape index (κ1) is 16.8. The van der Waals surface area contributed by atoms with Crippen molar-refractivity contribution in [3.63, 3.8) is 0 Å². The third-order valence-electron chi connectivity index (χ3n) is 4.50. The molecule has 128 valence electrons. The standard InChI is InChI=1S/C20H25NO3/c1-23-20-11-17(12-21-10-9-18(13-21)14-22)7-8-19(20)24-15-16-5-3-2-4-6-16/h2-8,11,18,22H,9-10,12-15H2,1H3. The van der Waals surface area contributed by atoms with Crippen molar-refractivity contribution in [1.29, 1.82) is 0 Å². The highest BCUT2D eigenvalue weighted by atomic mass is 16.5. The van der Waals surface area contributed by atoms with E-state index in [-0.39, 0.29) is 6.61 Å². The van der Waals surface area contributed by atoms with Gasteiger partial charge in [0.1, 0.15) is 6.61 Å². The first-order valence-electron chi connectivity index (χ1n) is 8.45. The third-order valence-corrected chi connectivity index (χ3v) is 4.50. The summed E-state index contributed by atoms with van der Waals surface area (Å²) in [7, 11) is 1.67. The summed E-state index contributed by atoms with van der Waals surface area (Å²) < 4.78 is 11.4. The maximum Gasteiger partial charge on any atom is 0.161 e. The number of rotatable bonds is 7. The van der Waals surface area contributed by atoms with Crippen LogP contribution in [0.1, 0.15) is 17.5 Å². The Labute approximate surface area is 143 Å². The lowest BCUT2D eigenvalue weighted by atomic mass is 10.1. The fourth-order valence-corrected chi connectivity index (χ4v) is 3.13. The Morgan fingerprint density at radius 2 is 1.92 bits per heavy atom. The van der Waals surface area contributed by atoms with Gasteiger partial charge in [0.25, 0.3) is 0 Å². The van der Waals surface area contributed by atoms with Crippen molar-refractivity contribution in [2.45, 2.75) is 19.6 Å². The highest BCUT2D eigenvalue weighted by Crippen LogP contribution is 2.30. The molecule has 1 N–H and O–H groups in total. The molecule has 0 radical (unpaired) electrons. The topological polar surface area (TPSA) is 41.9 Å². The van der Waals surface area contributed by atoms with E-state index in [0.29, 0.717) is 12.5 Å². The summed E-state index contributed by atoms with van der Waals surface area (Å²) in [6.45, 7) is 3.70. The second-order valence-corrected chi connectivity index (χ2v) is 6.33. The van der Waals surface area contributed by atoms with Crippen LogP contribution in [0.4, 0.5) is 0 Å². The zero-order valence-corrected chi connectivity index (χ0v) is 14.1. The van der Waals surface area contributed by atoms with Crippen molar-refractivity contribution in [3.05, 3.63) is 59.7 Å². The summed E-state index contributed by atoms with van der Waals surface area (Å²) >= 11 is 0. The largest absolute Gasteiger partial charge is 0.493 e. The van der Waals surface area contributed by atoms with E-state index in [1.54, 1.807) is 7.11 Å². The molecule has 3 rings (SSSR count). The summed E-state index contributed by atoms with van der Waals surface area (Å²) in [5, 5.41) is 9.26. The predicted molar refractivity (Wildman–Crippen MR) is 94.2 cm³/mol. The average molecular weight is 327 g/mol. The van der Waals surface area contributed by atoms with Crippen LogP contribution in [0.25, 0.3) is 0 Å². The maximum atomic E-state index is 9.26. The van der Waals surface area contributed by atoms with E-state index in [1.807, 2.05) is 42.5 Å². The van der Waals surface area contributed by atoms with Gasteiger partial charge in [0.05, 0.1) is 7.11 Å². The summed E-state index contributed by atoms with van der Waals surface area (Å²) in [6.07, 6.45) is 1.08. The van der Waals surface area contributed by atoms with Gasteiger partial charge in [0.2, 0.25) is 0 Å². The molecule has 0 spiro atoms. The van der Waals surface area contributed by atoms with E-state index in [0.717, 1.165) is 43.1 Å². The molecule has 1 fully saturated rings. The molecule has 0 aliphatic carbocycles. The second-order valence-electron chi connectivity index (χ2n) is 6.33. The number of ether oxygens (including phenoxy) is 2. The molecule has 4 heteroatoms. The smallest absolute Gasteiger partial charge is 0.161 e. The minimum atomic E-state index is 0.284. The summed E-state index contributed by atoms with van der Waals surface area (Å²) in [5.74, 6) is 1.95. The highest BCUT2D eigenvalue weighted by Gasteiger charge is 2.21. The summed E-state index contributed by atoms with van der Waals surface area (Å²) in [4.78, 5) is 2.38. The Morgan fingerprint density at radius 3 is 2.62 bits per heavy atom. The van der Waals surface area contributed by atoms with Gasteiger partial charge in [-0.3, -0.25) is 4.90 Å². The van der Waals surface area contributed by atoms with Crippen LogP contribution in [0.5, 0.6) is 11.5 Å². The van der Waals surface area contributed by atoms with Gasteiger partial charge in [-0.2, -0.15) is 0 Å². The molecule has 0 aromatic heterocycles. The van der Waals surface area contributed by atoms with Gasteiger partial charge < -0.3 is 14.6 Å². The minimum absolute atomic E-state index is 0.284. The molecule has 1 unspecified atom stereocenters. The van der Waals surface area contributed by atoms with Crippen molar-refractivity contribution in [1.82, 2.24) is 4.90 Å². The molecule has 0 saturated carbocycles. The normalized spacial score (nSPS) is 17.8. The molecule has 1 saturated heterocycles. The minimum Gasteiger partial charge on any atom is -0.493 e. The highest BCUT2D eigenvalue weighted by molar-refractivity contribution is 5.43. The van der Waals surface area contributed by atoms with Gasteiger partial charge in [-0.1, -0.05) is 36.4 Å². The van der Waals surface area contributed by atoms with Crippen LogP contribution in [0.2, 0.25) is 0 Å². The molecule has 1 aliphatic rings. The van der Waals surface area contributed by atoms with Crippen molar-refractivity contribution < 1.29 is 14.6 Å². The van der Waals surface area contributed by atoms with Crippen LogP contribution in [-0.4, -0.2) is 36.8 Å². The van der Waals surface area contributed by atoms with Crippen LogP contribution < -0.4 is 9.47 Å². The van der Waals surface area contributed by atoms with Gasteiger partial charge in [-0.05, 0) is 42.1 Å². The number of aliphatic hydroxyl groups is 1. The number of hydrogen-bond donors (Lipinski definition) is 1. The number of benzene rings is 2. The molecule has 2 aromatic rings. The number of methoxy groups -OCH3 is 1. The zero-order chi connectivity index (χ0) is 16.8. The number of aliphatic hydroxyl groups excluding tert-OH is 1. The Kier molecular flexibility index (Phi) is 5.72. The molecule has 1 atom stereocenters. The van der Waals surface area contributed by atoms with Crippen LogP contribution in [0, 0.1) is 5.92 Å². The van der Waals surface area contributed by atoms with Crippen LogP contribution in [0.15, 0.2) is 48.5 Å². The Hall–Kier alpha value is -2.04. The van der Waals surface area contributed by atoms with E-state index < -0.39 is 0 Å². The fourth-order valence-electron chi connectivity index (χ4n) is 3.13. The molecule has 4 nitrogen and oxygen atoms in total. The van der Waals surface area contributed by atoms with Crippen LogP contribution in [0.3, 0.4) is 0 Å². The number of likely N-dealkylation sites (tertiary alicyclic amines) is 1. The zero-order valence-electron chi connectivity index (χ0n) is 14.1. The molecular formula is C20H25NO3. The lowest BCUT2D eigenvalue weighted by Gasteiger charge is -2.17. The van der Waals surface area contributed by atoms with Gasteiger partial charge in [0, 0.05) is 19.7 Å². The molecule has 0 bridgehead atoms. The van der Waals surface area contributed by atoms with Gasteiger partial charge >= 0.3 is 0 Å². The average Bonchev–Trinajstić information content (AvgIpc) is 3.09. The molecule has 0 amide bonds. The number of nitrogens with zero attached hydrogens (tertiary/aromatic N) is 1. The van der Waals surface area contributed by atoms with E-state index >= 15 is 0 Å². The van der Waals surface area contributed by atoms with Gasteiger partial charge in [-0.15, -0.1) is 0 Å². The Bertz CT molecular complexity index is 645. The SMILES string of the molecule is COc1cc(CN2CCC(CO)C2)ccc1OCc1ccccc1. The van der Waals surface area contributed by atoms with Gasteiger partial charge in [0.15, 0.2) is 11.5 Å². The van der Waals surface area contributed by atoms with E-state index in [9.17, 15) is 5.11 Å². The van der Waals surface area contributed by atoms with Crippen LogP contribution >= 0.6 is 0 Å². The molecule has 2 aromatic carbocycles. The molecule has 1 aliphatic heterocycles. The third kappa shape index (κ3) is 4.28. The molecular weight excluding hydrogens is 302 g/mol. The predicted octanol–water partition coefficient (Wildman–Crippen LogP) is 3.09. The molecule has 24 heavy (non-hydrogen) atoms. The monoisotopic (exact) mass is 327 g/mol. The lowest BCUT2D eigenvalue weighted by molar-refractivity contribution is 0.220. The quantitative estimate of drug-likeness (QED) is 0.848. The maximum absolute atomic E-state index is 9.26. The summed E-state index contributed by atoms with van der Waals surface area (Å²) in [5.41, 5.74) is 2.34. The lowest BCUT2D eigenvalue weighted by Crippen LogP contribution is -2.21. The molecule has 1 heterocycles. The van der Waals surface area contributed by atoms with E-state index in [2.05, 4.69) is 11.0 Å². The van der Waals surface area contributed by atoms with Crippen molar-refractivity contribution >= 4 is 0 Å². The van der Waals surface area contributed by atoms with Crippen molar-refractivity contribution in [2.24, 2.45) is 5.92 Å². The fraction of sp³-hybridized carbons (Fsp3) is 0.400. The second kappa shape index (κ2) is 8.18. The first-order valence-corrected chi connectivity index (χ1v) is 8.45. The van der Waals surface area contributed by atoms with E-state index in [4.69, 9.17) is 9.47 Å². The van der Waals surface area contributed by atoms with E-state index in [1.165, 1.54) is 5.56 Å². The summed E-state index contributed by atoms with van der Waals surface area (Å²) in [6, 6.07) is 16.2. The van der Waals surface area contributed by atoms with Crippen LogP contribution in [-0.2, 0) is 13.2 Å². The first-order chi connectivity index (χ1) is 11.8. The van der Waals surface area contributed by atoms with Crippen molar-refractivity contribution in [3.8, 4) is 11.5 Å². The van der Waals surface area contributed by atoms with Gasteiger partial charge in [-0.25, -0.2) is 0 Å². The Morgan fingerprint density at radius 1 is 1.08 bits per heavy atom.